The van der Waals surface area contributed by atoms with Crippen LogP contribution >= 0.6 is 0 Å². The number of aliphatic carboxylic acids is 1. The number of amides is 1. The first-order valence-electron chi connectivity index (χ1n) is 6.16. The Balaban J connectivity index is 2.24. The highest BCUT2D eigenvalue weighted by molar-refractivity contribution is 7.92. The molecule has 23 heavy (non-hydrogen) atoms. The van der Waals surface area contributed by atoms with Crippen molar-refractivity contribution in [1.82, 2.24) is 9.97 Å². The smallest absolute Gasteiger partial charge is 0.328 e. The zero-order valence-electron chi connectivity index (χ0n) is 11.6. The van der Waals surface area contributed by atoms with Crippen LogP contribution in [0.25, 0.3) is 6.08 Å². The van der Waals surface area contributed by atoms with Crippen LogP contribution in [0.4, 0.5) is 5.82 Å². The molecule has 5 N–H and O–H groups in total. The van der Waals surface area contributed by atoms with Crippen molar-refractivity contribution in [3.8, 4) is 0 Å². The summed E-state index contributed by atoms with van der Waals surface area (Å²) in [6.07, 6.45) is 3.40. The monoisotopic (exact) mass is 336 g/mol. The molecule has 1 aromatic heterocycles. The number of carbonyl (C=O) groups is 2. The topological polar surface area (TPSA) is 155 Å². The fourth-order valence-electron chi connectivity index (χ4n) is 1.67. The summed E-state index contributed by atoms with van der Waals surface area (Å²) in [5.74, 6) is -2.16. The number of carbonyl (C=O) groups excluding carboxylic acids is 1. The first kappa shape index (κ1) is 16.2. The van der Waals surface area contributed by atoms with Crippen LogP contribution in [0.15, 0.2) is 41.6 Å². The number of aromatic nitrogens is 2. The van der Waals surface area contributed by atoms with E-state index in [1.54, 1.807) is 0 Å². The number of carboxylic acids is 1. The molecule has 0 spiro atoms. The van der Waals surface area contributed by atoms with Gasteiger partial charge < -0.3 is 15.8 Å². The van der Waals surface area contributed by atoms with E-state index < -0.39 is 21.9 Å². The van der Waals surface area contributed by atoms with Crippen LogP contribution in [0.3, 0.4) is 0 Å². The number of primary amides is 1. The Hall–Kier alpha value is -3.14. The third-order valence-corrected chi connectivity index (χ3v) is 4.08. The molecule has 0 radical (unpaired) electrons. The summed E-state index contributed by atoms with van der Waals surface area (Å²) in [4.78, 5) is 27.6. The Morgan fingerprint density at radius 1 is 1.26 bits per heavy atom. The third-order valence-electron chi connectivity index (χ3n) is 2.73. The minimum atomic E-state index is -3.97. The Bertz CT molecular complexity index is 868. The van der Waals surface area contributed by atoms with Crippen LogP contribution in [-0.2, 0) is 14.8 Å². The van der Waals surface area contributed by atoms with E-state index >= 15 is 0 Å². The van der Waals surface area contributed by atoms with E-state index in [1.165, 1.54) is 30.3 Å². The Labute approximate surface area is 130 Å². The van der Waals surface area contributed by atoms with Gasteiger partial charge in [-0.25, -0.2) is 18.2 Å². The minimum Gasteiger partial charge on any atom is -0.478 e. The van der Waals surface area contributed by atoms with E-state index in [2.05, 4.69) is 14.7 Å². The number of nitrogens with two attached hydrogens (primary N) is 1. The van der Waals surface area contributed by atoms with Crippen molar-refractivity contribution < 1.29 is 23.1 Å². The average molecular weight is 336 g/mol. The van der Waals surface area contributed by atoms with Crippen LogP contribution < -0.4 is 10.5 Å². The summed E-state index contributed by atoms with van der Waals surface area (Å²) in [5, 5.41) is 8.53. The van der Waals surface area contributed by atoms with Crippen molar-refractivity contribution in [3.05, 3.63) is 47.9 Å². The minimum absolute atomic E-state index is 0.0802. The predicted octanol–water partition coefficient (Wildman–Crippen LogP) is 0.407. The van der Waals surface area contributed by atoms with Gasteiger partial charge in [0, 0.05) is 6.08 Å². The number of nitrogens with zero attached hydrogens (tertiary/aromatic N) is 1. The summed E-state index contributed by atoms with van der Waals surface area (Å²) in [6, 6.07) is 5.46. The Morgan fingerprint density at radius 2 is 1.91 bits per heavy atom. The molecule has 0 aliphatic rings. The highest BCUT2D eigenvalue weighted by Gasteiger charge is 2.19. The van der Waals surface area contributed by atoms with Gasteiger partial charge in [-0.05, 0) is 23.8 Å². The summed E-state index contributed by atoms with van der Waals surface area (Å²) in [5.41, 5.74) is 5.45. The summed E-state index contributed by atoms with van der Waals surface area (Å²) in [6.45, 7) is 0. The van der Waals surface area contributed by atoms with Gasteiger partial charge in [-0.3, -0.25) is 9.52 Å². The second-order valence-electron chi connectivity index (χ2n) is 4.34. The molecule has 2 rings (SSSR count). The molecule has 1 amide bonds. The number of carboxylic acid groups (broad SMARTS) is 1. The second-order valence-corrected chi connectivity index (χ2v) is 6.02. The lowest BCUT2D eigenvalue weighted by Gasteiger charge is -2.07. The van der Waals surface area contributed by atoms with Crippen LogP contribution in [0.1, 0.15) is 16.1 Å². The van der Waals surface area contributed by atoms with Gasteiger partial charge in [0.2, 0.25) is 0 Å². The molecular weight excluding hydrogens is 324 g/mol. The number of aromatic amines is 1. The van der Waals surface area contributed by atoms with Gasteiger partial charge in [-0.15, -0.1) is 0 Å². The highest BCUT2D eigenvalue weighted by Crippen LogP contribution is 2.17. The number of nitrogens with one attached hydrogen (secondary N) is 2. The molecule has 0 saturated carbocycles. The quantitative estimate of drug-likeness (QED) is 0.560. The highest BCUT2D eigenvalue weighted by atomic mass is 32.2. The molecule has 1 aromatic carbocycles. The lowest BCUT2D eigenvalue weighted by Crippen LogP contribution is -2.18. The predicted molar refractivity (Wildman–Crippen MR) is 81.0 cm³/mol. The van der Waals surface area contributed by atoms with Crippen molar-refractivity contribution in [3.63, 3.8) is 0 Å². The maximum Gasteiger partial charge on any atom is 0.328 e. The molecule has 0 aliphatic heterocycles. The van der Waals surface area contributed by atoms with Gasteiger partial charge in [0.1, 0.15) is 5.69 Å². The van der Waals surface area contributed by atoms with E-state index in [0.717, 1.165) is 12.4 Å². The van der Waals surface area contributed by atoms with E-state index in [-0.39, 0.29) is 16.4 Å². The number of hydrogen-bond acceptors (Lipinski definition) is 5. The maximum atomic E-state index is 12.2. The number of rotatable bonds is 6. The molecule has 2 aromatic rings. The van der Waals surface area contributed by atoms with Gasteiger partial charge >= 0.3 is 5.97 Å². The first-order valence-corrected chi connectivity index (χ1v) is 7.65. The van der Waals surface area contributed by atoms with E-state index in [9.17, 15) is 18.0 Å². The van der Waals surface area contributed by atoms with E-state index in [0.29, 0.717) is 5.56 Å². The molecule has 0 saturated heterocycles. The Morgan fingerprint density at radius 3 is 2.48 bits per heavy atom. The Kier molecular flexibility index (Phi) is 4.46. The van der Waals surface area contributed by atoms with Crippen molar-refractivity contribution in [2.45, 2.75) is 4.90 Å². The van der Waals surface area contributed by atoms with E-state index in [4.69, 9.17) is 10.8 Å². The zero-order chi connectivity index (χ0) is 17.0. The molecule has 0 bridgehead atoms. The molecule has 9 nitrogen and oxygen atoms in total. The first-order chi connectivity index (χ1) is 10.8. The van der Waals surface area contributed by atoms with Gasteiger partial charge in [0.05, 0.1) is 11.2 Å². The number of benzene rings is 1. The molecule has 1 heterocycles. The van der Waals surface area contributed by atoms with Gasteiger partial charge in [0.15, 0.2) is 5.82 Å². The maximum absolute atomic E-state index is 12.2. The van der Waals surface area contributed by atoms with Crippen LogP contribution in [0.2, 0.25) is 0 Å². The summed E-state index contributed by atoms with van der Waals surface area (Å²) < 4.78 is 26.6. The van der Waals surface area contributed by atoms with Crippen molar-refractivity contribution in [1.29, 1.82) is 0 Å². The molecule has 10 heteroatoms. The largest absolute Gasteiger partial charge is 0.478 e. The number of hydrogen-bond donors (Lipinski definition) is 4. The average Bonchev–Trinajstić information content (AvgIpc) is 2.93. The molecular formula is C13H12N4O5S. The number of anilines is 1. The van der Waals surface area contributed by atoms with Crippen LogP contribution in [0, 0.1) is 0 Å². The molecule has 0 unspecified atom stereocenters. The lowest BCUT2D eigenvalue weighted by molar-refractivity contribution is -0.131. The summed E-state index contributed by atoms with van der Waals surface area (Å²) >= 11 is 0. The van der Waals surface area contributed by atoms with Crippen LogP contribution in [-0.4, -0.2) is 35.4 Å². The number of H-pyrrole nitrogens is 1. The lowest BCUT2D eigenvalue weighted by atomic mass is 10.2. The standard InChI is InChI=1S/C13H12N4O5S/c14-12(20)11-13(16-7-15-11)17-23(21,22)9-4-1-8(2-5-9)3-6-10(18)19/h1-7,17H,(H2,14,20)(H,15,16)(H,18,19). The normalized spacial score (nSPS) is 11.5. The number of sulfonamides is 1. The molecule has 0 fully saturated rings. The number of imidazole rings is 1. The van der Waals surface area contributed by atoms with Gasteiger partial charge in [0.25, 0.3) is 15.9 Å². The van der Waals surface area contributed by atoms with Crippen molar-refractivity contribution >= 4 is 33.8 Å². The summed E-state index contributed by atoms with van der Waals surface area (Å²) in [7, 11) is -3.97. The van der Waals surface area contributed by atoms with Crippen molar-refractivity contribution in [2.24, 2.45) is 5.73 Å². The van der Waals surface area contributed by atoms with Gasteiger partial charge in [-0.1, -0.05) is 12.1 Å². The molecule has 120 valence electrons. The fraction of sp³-hybridized carbons (Fsp3) is 0. The van der Waals surface area contributed by atoms with E-state index in [1.807, 2.05) is 0 Å². The van der Waals surface area contributed by atoms with Gasteiger partial charge in [-0.2, -0.15) is 0 Å². The fourth-order valence-corrected chi connectivity index (χ4v) is 2.69. The van der Waals surface area contributed by atoms with Crippen molar-refractivity contribution in [2.75, 3.05) is 4.72 Å². The molecule has 0 atom stereocenters. The third kappa shape index (κ3) is 3.95. The molecule has 0 aliphatic carbocycles. The van der Waals surface area contributed by atoms with Crippen LogP contribution in [0.5, 0.6) is 0 Å². The zero-order valence-corrected chi connectivity index (χ0v) is 12.4. The SMILES string of the molecule is NC(=O)c1[nH]cnc1NS(=O)(=O)c1ccc(C=CC(=O)O)cc1. The second kappa shape index (κ2) is 6.32.